The smallest absolute Gasteiger partial charge is 0.351 e. The molecule has 0 radical (unpaired) electrons. The van der Waals surface area contributed by atoms with Crippen molar-refractivity contribution in [2.24, 2.45) is 4.99 Å². The van der Waals surface area contributed by atoms with Crippen LogP contribution in [-0.4, -0.2) is 44.8 Å². The van der Waals surface area contributed by atoms with Crippen molar-refractivity contribution in [3.63, 3.8) is 0 Å². The van der Waals surface area contributed by atoms with Gasteiger partial charge in [0.2, 0.25) is 0 Å². The number of carboxylic acid groups (broad SMARTS) is 2. The van der Waals surface area contributed by atoms with E-state index in [0.29, 0.717) is 35.7 Å². The Labute approximate surface area is 216 Å². The lowest BCUT2D eigenvalue weighted by Gasteiger charge is -2.24. The van der Waals surface area contributed by atoms with Gasteiger partial charge in [0.1, 0.15) is 11.5 Å². The van der Waals surface area contributed by atoms with Crippen LogP contribution in [-0.2, 0) is 22.6 Å². The molecule has 0 saturated heterocycles. The van der Waals surface area contributed by atoms with Gasteiger partial charge in [-0.2, -0.15) is 0 Å². The number of hydrogen-bond donors (Lipinski definition) is 2. The Kier molecular flexibility index (Phi) is 6.78. The molecule has 8 nitrogen and oxygen atoms in total. The van der Waals surface area contributed by atoms with Gasteiger partial charge >= 0.3 is 11.9 Å². The highest BCUT2D eigenvalue weighted by atomic mass is 32.2. The average molecular weight is 515 g/mol. The molecule has 0 aliphatic carbocycles. The zero-order chi connectivity index (χ0) is 25.9. The maximum atomic E-state index is 13.7. The van der Waals surface area contributed by atoms with Gasteiger partial charge in [-0.3, -0.25) is 9.79 Å². The van der Waals surface area contributed by atoms with E-state index in [1.54, 1.807) is 29.2 Å². The summed E-state index contributed by atoms with van der Waals surface area (Å²) in [6.07, 6.45) is 1.43. The van der Waals surface area contributed by atoms with Gasteiger partial charge in [0.05, 0.1) is 23.4 Å². The van der Waals surface area contributed by atoms with E-state index in [9.17, 15) is 24.6 Å². The number of amides is 1. The van der Waals surface area contributed by atoms with Crippen molar-refractivity contribution < 1.29 is 29.3 Å². The van der Waals surface area contributed by atoms with E-state index in [1.165, 1.54) is 11.8 Å². The van der Waals surface area contributed by atoms with Gasteiger partial charge in [-0.1, -0.05) is 48.5 Å². The van der Waals surface area contributed by atoms with E-state index in [2.05, 4.69) is 4.99 Å². The van der Waals surface area contributed by atoms with Crippen LogP contribution in [0.1, 0.15) is 21.5 Å². The lowest BCUT2D eigenvalue weighted by molar-refractivity contribution is -0.133. The van der Waals surface area contributed by atoms with Crippen molar-refractivity contribution in [2.75, 3.05) is 10.7 Å². The number of nitrogens with zero attached hydrogens (tertiary/aromatic N) is 2. The van der Waals surface area contributed by atoms with Crippen molar-refractivity contribution in [1.82, 2.24) is 0 Å². The molecule has 2 N–H and O–H groups in total. The highest BCUT2D eigenvalue weighted by molar-refractivity contribution is 8.00. The van der Waals surface area contributed by atoms with Crippen LogP contribution in [0.25, 0.3) is 0 Å². The summed E-state index contributed by atoms with van der Waals surface area (Å²) in [6.45, 7) is 0.322. The van der Waals surface area contributed by atoms with Crippen LogP contribution in [0, 0.1) is 0 Å². The second-order valence-electron chi connectivity index (χ2n) is 8.55. The molecule has 0 fully saturated rings. The van der Waals surface area contributed by atoms with Crippen LogP contribution in [0.15, 0.2) is 89.6 Å². The van der Waals surface area contributed by atoms with Crippen LogP contribution in [0.4, 0.5) is 5.69 Å². The third-order valence-electron chi connectivity index (χ3n) is 6.12. The summed E-state index contributed by atoms with van der Waals surface area (Å²) >= 11 is 1.21. The fraction of sp³-hybridized carbons (Fsp3) is 0.143. The molecular formula is C28H22N2O6S. The fourth-order valence-corrected chi connectivity index (χ4v) is 5.45. The van der Waals surface area contributed by atoms with Crippen LogP contribution < -0.4 is 9.64 Å². The summed E-state index contributed by atoms with van der Waals surface area (Å²) in [5.74, 6) is -1.48. The van der Waals surface area contributed by atoms with Crippen molar-refractivity contribution in [3.05, 3.63) is 101 Å². The second kappa shape index (κ2) is 10.3. The first-order valence-electron chi connectivity index (χ1n) is 11.5. The maximum absolute atomic E-state index is 13.7. The van der Waals surface area contributed by atoms with E-state index >= 15 is 0 Å². The highest BCUT2D eigenvalue weighted by Crippen LogP contribution is 2.41. The van der Waals surface area contributed by atoms with Crippen LogP contribution in [0.2, 0.25) is 0 Å². The van der Waals surface area contributed by atoms with Crippen molar-refractivity contribution >= 4 is 41.0 Å². The molecule has 186 valence electrons. The first-order valence-corrected chi connectivity index (χ1v) is 12.6. The first kappa shape index (κ1) is 24.3. The van der Waals surface area contributed by atoms with Gasteiger partial charge in [0, 0.05) is 17.2 Å². The largest absolute Gasteiger partial charge is 0.478 e. The Balaban J connectivity index is 1.51. The summed E-state index contributed by atoms with van der Waals surface area (Å²) in [6, 6.07) is 22.2. The molecule has 3 aromatic rings. The van der Waals surface area contributed by atoms with E-state index in [4.69, 9.17) is 4.74 Å². The fourth-order valence-electron chi connectivity index (χ4n) is 4.25. The number of thioether (sulfide) groups is 1. The molecule has 1 unspecified atom stereocenters. The number of aliphatic carboxylic acids is 2. The van der Waals surface area contributed by atoms with Gasteiger partial charge in [-0.25, -0.2) is 9.59 Å². The maximum Gasteiger partial charge on any atom is 0.351 e. The zero-order valence-electron chi connectivity index (χ0n) is 19.5. The Morgan fingerprint density at radius 1 is 0.946 bits per heavy atom. The Hall–Kier alpha value is -4.37. The number of rotatable bonds is 6. The number of para-hydroxylation sites is 1. The molecule has 0 bridgehead atoms. The molecule has 2 heterocycles. The predicted molar refractivity (Wildman–Crippen MR) is 141 cm³/mol. The monoisotopic (exact) mass is 514 g/mol. The average Bonchev–Trinajstić information content (AvgIpc) is 3.17. The molecule has 1 amide bonds. The Bertz CT molecular complexity index is 1450. The molecule has 37 heavy (non-hydrogen) atoms. The van der Waals surface area contributed by atoms with Gasteiger partial charge in [0.25, 0.3) is 5.91 Å². The summed E-state index contributed by atoms with van der Waals surface area (Å²) in [5, 5.41) is 18.5. The first-order chi connectivity index (χ1) is 17.9. The molecule has 2 aliphatic heterocycles. The number of carbonyl (C=O) groups excluding carboxylic acids is 1. The number of aliphatic imine (C=N–C) groups is 1. The molecule has 3 aromatic carbocycles. The number of anilines is 1. The van der Waals surface area contributed by atoms with Gasteiger partial charge in [-0.05, 0) is 41.8 Å². The summed E-state index contributed by atoms with van der Waals surface area (Å²) in [5.41, 5.74) is 2.67. The number of carboxylic acids is 2. The predicted octanol–water partition coefficient (Wildman–Crippen LogP) is 4.79. The molecule has 0 saturated carbocycles. The van der Waals surface area contributed by atoms with Gasteiger partial charge in [0.15, 0.2) is 5.75 Å². The molecule has 0 spiro atoms. The number of fused-ring (bicyclic) bond motifs is 2. The molecular weight excluding hydrogens is 492 g/mol. The normalized spacial score (nSPS) is 16.8. The standard InChI is InChI=1S/C28H22N2O6S/c31-26-19-8-4-5-9-23(19)36-24-11-10-18(12-22(24)30(26)15-17-6-2-1-3-7-17)13-25-20(27(32)33)14-29-21(16-37-25)28(34)35/h1-12,14,25H,13,15-16H2,(H,32,33)(H,34,35). The van der Waals surface area contributed by atoms with Crippen LogP contribution >= 0.6 is 11.8 Å². The quantitative estimate of drug-likeness (QED) is 0.486. The van der Waals surface area contributed by atoms with Gasteiger partial charge < -0.3 is 19.8 Å². The molecule has 9 heteroatoms. The third-order valence-corrected chi connectivity index (χ3v) is 7.39. The number of ether oxygens (including phenoxy) is 1. The van der Waals surface area contributed by atoms with E-state index in [1.807, 2.05) is 48.5 Å². The van der Waals surface area contributed by atoms with E-state index in [-0.39, 0.29) is 22.9 Å². The molecule has 1 atom stereocenters. The number of benzene rings is 3. The lowest BCUT2D eigenvalue weighted by Crippen LogP contribution is -2.29. The van der Waals surface area contributed by atoms with Crippen molar-refractivity contribution in [3.8, 4) is 11.5 Å². The zero-order valence-corrected chi connectivity index (χ0v) is 20.4. The number of carbonyl (C=O) groups is 3. The summed E-state index contributed by atoms with van der Waals surface area (Å²) < 4.78 is 6.15. The third kappa shape index (κ3) is 5.12. The lowest BCUT2D eigenvalue weighted by atomic mass is 10.0. The second-order valence-corrected chi connectivity index (χ2v) is 9.74. The SMILES string of the molecule is O=C(O)C1=CN=C(C(=O)O)CSC1Cc1ccc2c(c1)N(Cc1ccccc1)C(=O)c1ccccc1O2. The highest BCUT2D eigenvalue weighted by Gasteiger charge is 2.30. The summed E-state index contributed by atoms with van der Waals surface area (Å²) in [7, 11) is 0. The Morgan fingerprint density at radius 2 is 1.70 bits per heavy atom. The van der Waals surface area contributed by atoms with Crippen LogP contribution in [0.5, 0.6) is 11.5 Å². The van der Waals surface area contributed by atoms with Crippen molar-refractivity contribution in [2.45, 2.75) is 18.2 Å². The topological polar surface area (TPSA) is 116 Å². The van der Waals surface area contributed by atoms with Crippen LogP contribution in [0.3, 0.4) is 0 Å². The molecule has 2 aliphatic rings. The summed E-state index contributed by atoms with van der Waals surface area (Å²) in [4.78, 5) is 42.5. The van der Waals surface area contributed by atoms with E-state index in [0.717, 1.165) is 17.3 Å². The van der Waals surface area contributed by atoms with Crippen molar-refractivity contribution in [1.29, 1.82) is 0 Å². The minimum absolute atomic E-state index is 0.0251. The molecule has 0 aromatic heterocycles. The number of hydrogen-bond acceptors (Lipinski definition) is 6. The van der Waals surface area contributed by atoms with E-state index < -0.39 is 17.2 Å². The Morgan fingerprint density at radius 3 is 2.46 bits per heavy atom. The minimum Gasteiger partial charge on any atom is -0.478 e. The molecule has 5 rings (SSSR count). The van der Waals surface area contributed by atoms with Gasteiger partial charge in [-0.15, -0.1) is 11.8 Å². The minimum atomic E-state index is -1.18.